The zero-order chi connectivity index (χ0) is 22.9. The molecule has 0 saturated carbocycles. The highest BCUT2D eigenvalue weighted by molar-refractivity contribution is 7.91. The standard InChI is InChI=1S/C19H22F2N8O2S/c1-11-9-15(28-27-11)24-19-25-17(23-12(2)14-4-3-13(20)10-22-14)16(21)18(26-19)29-5-7-32(30,31)8-6-29/h3-4,9-10,12H,5-8H2,1-2H3,(H3,23,24,25,26,27,28). The molecular formula is C19H22F2N8O2S. The third-order valence-corrected chi connectivity index (χ3v) is 6.58. The van der Waals surface area contributed by atoms with Gasteiger partial charge in [0.2, 0.25) is 11.8 Å². The minimum atomic E-state index is -3.15. The Morgan fingerprint density at radius 2 is 1.94 bits per heavy atom. The molecule has 3 aromatic rings. The number of hydrogen-bond acceptors (Lipinski definition) is 9. The number of halogens is 2. The first-order valence-electron chi connectivity index (χ1n) is 9.90. The molecule has 1 unspecified atom stereocenters. The molecule has 4 rings (SSSR count). The normalized spacial score (nSPS) is 16.6. The number of aromatic nitrogens is 5. The molecule has 0 spiro atoms. The average Bonchev–Trinajstić information content (AvgIpc) is 3.15. The Balaban J connectivity index is 1.67. The molecule has 1 fully saturated rings. The number of aryl methyl sites for hydroxylation is 1. The van der Waals surface area contributed by atoms with E-state index < -0.39 is 27.5 Å². The first-order chi connectivity index (χ1) is 15.2. The molecule has 170 valence electrons. The number of aromatic amines is 1. The predicted molar refractivity (Wildman–Crippen MR) is 116 cm³/mol. The van der Waals surface area contributed by atoms with E-state index in [2.05, 4.69) is 35.8 Å². The van der Waals surface area contributed by atoms with E-state index in [1.54, 1.807) is 17.9 Å². The lowest BCUT2D eigenvalue weighted by molar-refractivity contribution is 0.578. The van der Waals surface area contributed by atoms with Crippen LogP contribution in [0.2, 0.25) is 0 Å². The van der Waals surface area contributed by atoms with Crippen molar-refractivity contribution in [2.24, 2.45) is 0 Å². The zero-order valence-corrected chi connectivity index (χ0v) is 18.2. The predicted octanol–water partition coefficient (Wildman–Crippen LogP) is 2.33. The fourth-order valence-electron chi connectivity index (χ4n) is 3.24. The van der Waals surface area contributed by atoms with Gasteiger partial charge in [-0.1, -0.05) is 0 Å². The van der Waals surface area contributed by atoms with E-state index in [0.717, 1.165) is 11.9 Å². The van der Waals surface area contributed by atoms with Crippen LogP contribution in [0.4, 0.5) is 32.2 Å². The maximum absolute atomic E-state index is 15.4. The molecule has 3 aromatic heterocycles. The van der Waals surface area contributed by atoms with Crippen molar-refractivity contribution in [1.82, 2.24) is 25.1 Å². The molecule has 32 heavy (non-hydrogen) atoms. The van der Waals surface area contributed by atoms with Crippen molar-refractivity contribution < 1.29 is 17.2 Å². The number of hydrogen-bond donors (Lipinski definition) is 3. The maximum atomic E-state index is 15.4. The number of anilines is 4. The van der Waals surface area contributed by atoms with E-state index >= 15 is 4.39 Å². The maximum Gasteiger partial charge on any atom is 0.232 e. The van der Waals surface area contributed by atoms with Crippen molar-refractivity contribution >= 4 is 33.2 Å². The summed E-state index contributed by atoms with van der Waals surface area (Å²) in [5, 5.41) is 12.7. The summed E-state index contributed by atoms with van der Waals surface area (Å²) in [5.41, 5.74) is 1.30. The van der Waals surface area contributed by atoms with Gasteiger partial charge in [-0.2, -0.15) is 19.5 Å². The van der Waals surface area contributed by atoms with Gasteiger partial charge in [0.25, 0.3) is 0 Å². The Hall–Kier alpha value is -3.35. The Labute approximate surface area is 183 Å². The van der Waals surface area contributed by atoms with Crippen molar-refractivity contribution in [3.8, 4) is 0 Å². The molecule has 10 nitrogen and oxygen atoms in total. The van der Waals surface area contributed by atoms with Crippen LogP contribution in [0.5, 0.6) is 0 Å². The van der Waals surface area contributed by atoms with Crippen molar-refractivity contribution in [2.45, 2.75) is 19.9 Å². The number of sulfone groups is 1. The van der Waals surface area contributed by atoms with Crippen molar-refractivity contribution in [3.05, 3.63) is 47.4 Å². The van der Waals surface area contributed by atoms with Crippen LogP contribution in [0.3, 0.4) is 0 Å². The van der Waals surface area contributed by atoms with E-state index in [0.29, 0.717) is 11.5 Å². The van der Waals surface area contributed by atoms with E-state index in [-0.39, 0.29) is 42.2 Å². The van der Waals surface area contributed by atoms with Crippen LogP contribution in [-0.4, -0.2) is 58.2 Å². The van der Waals surface area contributed by atoms with Crippen LogP contribution in [0.15, 0.2) is 24.4 Å². The van der Waals surface area contributed by atoms with Gasteiger partial charge in [-0.15, -0.1) is 0 Å². The van der Waals surface area contributed by atoms with Crippen LogP contribution in [0.25, 0.3) is 0 Å². The number of nitrogens with zero attached hydrogens (tertiary/aromatic N) is 5. The second-order valence-corrected chi connectivity index (χ2v) is 9.80. The molecule has 1 aliphatic heterocycles. The number of pyridine rings is 1. The minimum Gasteiger partial charge on any atom is -0.359 e. The quantitative estimate of drug-likeness (QED) is 0.503. The Morgan fingerprint density at radius 3 is 2.56 bits per heavy atom. The fraction of sp³-hybridized carbons (Fsp3) is 0.368. The average molecular weight is 465 g/mol. The van der Waals surface area contributed by atoms with Gasteiger partial charge < -0.3 is 15.5 Å². The summed E-state index contributed by atoms with van der Waals surface area (Å²) in [6, 6.07) is 4.00. The highest BCUT2D eigenvalue weighted by Crippen LogP contribution is 2.29. The topological polar surface area (TPSA) is 129 Å². The molecule has 0 bridgehead atoms. The third kappa shape index (κ3) is 4.93. The van der Waals surface area contributed by atoms with Gasteiger partial charge in [-0.05, 0) is 26.0 Å². The summed E-state index contributed by atoms with van der Waals surface area (Å²) in [4.78, 5) is 14.1. The Bertz CT molecular complexity index is 1200. The van der Waals surface area contributed by atoms with Gasteiger partial charge in [0.05, 0.1) is 29.4 Å². The largest absolute Gasteiger partial charge is 0.359 e. The second kappa shape index (κ2) is 8.65. The molecule has 13 heteroatoms. The van der Waals surface area contributed by atoms with Gasteiger partial charge in [-0.25, -0.2) is 12.8 Å². The molecule has 3 N–H and O–H groups in total. The van der Waals surface area contributed by atoms with E-state index in [4.69, 9.17) is 0 Å². The van der Waals surface area contributed by atoms with Crippen molar-refractivity contribution in [2.75, 3.05) is 40.1 Å². The van der Waals surface area contributed by atoms with Gasteiger partial charge in [0, 0.05) is 24.8 Å². The summed E-state index contributed by atoms with van der Waals surface area (Å²) in [6.45, 7) is 3.80. The lowest BCUT2D eigenvalue weighted by atomic mass is 10.2. The third-order valence-electron chi connectivity index (χ3n) is 4.97. The molecular weight excluding hydrogens is 442 g/mol. The van der Waals surface area contributed by atoms with Crippen molar-refractivity contribution in [1.29, 1.82) is 0 Å². The zero-order valence-electron chi connectivity index (χ0n) is 17.4. The lowest BCUT2D eigenvalue weighted by Crippen LogP contribution is -2.41. The second-order valence-electron chi connectivity index (χ2n) is 7.50. The van der Waals surface area contributed by atoms with E-state index in [1.807, 2.05) is 6.92 Å². The molecule has 0 radical (unpaired) electrons. The van der Waals surface area contributed by atoms with Crippen LogP contribution >= 0.6 is 0 Å². The highest BCUT2D eigenvalue weighted by Gasteiger charge is 2.27. The molecule has 1 aliphatic rings. The van der Waals surface area contributed by atoms with E-state index in [9.17, 15) is 12.8 Å². The SMILES string of the molecule is Cc1cc(Nc2nc(NC(C)c3ccc(F)cn3)c(F)c(N3CCS(=O)(=O)CC3)n2)n[nH]1. The van der Waals surface area contributed by atoms with Gasteiger partial charge >= 0.3 is 0 Å². The Kier molecular flexibility index (Phi) is 5.91. The lowest BCUT2D eigenvalue weighted by Gasteiger charge is -2.29. The summed E-state index contributed by atoms with van der Waals surface area (Å²) in [7, 11) is -3.15. The number of H-pyrrole nitrogens is 1. The molecule has 4 heterocycles. The van der Waals surface area contributed by atoms with Crippen LogP contribution in [0, 0.1) is 18.6 Å². The number of rotatable bonds is 6. The smallest absolute Gasteiger partial charge is 0.232 e. The summed E-state index contributed by atoms with van der Waals surface area (Å²) in [6.07, 6.45) is 1.08. The summed E-state index contributed by atoms with van der Waals surface area (Å²) in [5.74, 6) is -0.960. The van der Waals surface area contributed by atoms with Gasteiger partial charge in [0.15, 0.2) is 27.3 Å². The van der Waals surface area contributed by atoms with Crippen LogP contribution in [-0.2, 0) is 9.84 Å². The van der Waals surface area contributed by atoms with Gasteiger partial charge in [-0.3, -0.25) is 10.1 Å². The molecule has 1 atom stereocenters. The minimum absolute atomic E-state index is 0.0218. The highest BCUT2D eigenvalue weighted by atomic mass is 32.2. The van der Waals surface area contributed by atoms with E-state index in [1.165, 1.54) is 12.1 Å². The Morgan fingerprint density at radius 1 is 1.19 bits per heavy atom. The summed E-state index contributed by atoms with van der Waals surface area (Å²) >= 11 is 0. The first kappa shape index (κ1) is 21.9. The van der Waals surface area contributed by atoms with Gasteiger partial charge in [0.1, 0.15) is 5.82 Å². The molecule has 0 amide bonds. The monoisotopic (exact) mass is 464 g/mol. The van der Waals surface area contributed by atoms with Crippen LogP contribution in [0.1, 0.15) is 24.4 Å². The molecule has 0 aliphatic carbocycles. The first-order valence-corrected chi connectivity index (χ1v) is 11.7. The molecule has 0 aromatic carbocycles. The fourth-order valence-corrected chi connectivity index (χ4v) is 4.44. The van der Waals surface area contributed by atoms with Crippen molar-refractivity contribution in [3.63, 3.8) is 0 Å². The summed E-state index contributed by atoms with van der Waals surface area (Å²) < 4.78 is 52.2. The number of nitrogens with one attached hydrogen (secondary N) is 3. The van der Waals surface area contributed by atoms with Crippen LogP contribution < -0.4 is 15.5 Å². The molecule has 1 saturated heterocycles.